The summed E-state index contributed by atoms with van der Waals surface area (Å²) in [4.78, 5) is 4.57. The third-order valence-corrected chi connectivity index (χ3v) is 4.09. The number of aryl methyl sites for hydroxylation is 1. The number of hydrogen-bond donors (Lipinski definition) is 1. The molecule has 1 aromatic heterocycles. The molecule has 3 nitrogen and oxygen atoms in total. The molecule has 1 aromatic rings. The number of hydrogen-bond acceptors (Lipinski definition) is 3. The number of rotatable bonds is 5. The van der Waals surface area contributed by atoms with Crippen LogP contribution in [0.25, 0.3) is 0 Å². The molecule has 0 saturated heterocycles. The summed E-state index contributed by atoms with van der Waals surface area (Å²) in [7, 11) is 0. The number of aromatic nitrogens is 1. The van der Waals surface area contributed by atoms with Crippen LogP contribution in [0.4, 0.5) is 0 Å². The second-order valence-corrected chi connectivity index (χ2v) is 5.55. The van der Waals surface area contributed by atoms with Crippen molar-refractivity contribution in [1.82, 2.24) is 4.98 Å². The van der Waals surface area contributed by atoms with E-state index in [-0.39, 0.29) is 0 Å². The molecule has 2 N–H and O–H groups in total. The van der Waals surface area contributed by atoms with Crippen LogP contribution in [0, 0.1) is 12.8 Å². The Morgan fingerprint density at radius 2 is 2.11 bits per heavy atom. The third kappa shape index (κ3) is 3.69. The third-order valence-electron chi connectivity index (χ3n) is 4.09. The molecule has 0 aromatic carbocycles. The van der Waals surface area contributed by atoms with Gasteiger partial charge in [0.1, 0.15) is 11.9 Å². The van der Waals surface area contributed by atoms with Crippen LogP contribution in [0.5, 0.6) is 5.75 Å². The van der Waals surface area contributed by atoms with Crippen molar-refractivity contribution in [3.8, 4) is 5.75 Å². The molecule has 1 aliphatic rings. The van der Waals surface area contributed by atoms with E-state index in [1.807, 2.05) is 13.0 Å². The lowest BCUT2D eigenvalue weighted by Crippen LogP contribution is -2.30. The Morgan fingerprint density at radius 3 is 2.84 bits per heavy atom. The van der Waals surface area contributed by atoms with Gasteiger partial charge in [-0.2, -0.15) is 0 Å². The summed E-state index contributed by atoms with van der Waals surface area (Å²) in [6.45, 7) is 4.90. The minimum Gasteiger partial charge on any atom is -0.488 e. The maximum atomic E-state index is 6.28. The zero-order chi connectivity index (χ0) is 13.7. The summed E-state index contributed by atoms with van der Waals surface area (Å²) in [6, 6.07) is 4.09. The lowest BCUT2D eigenvalue weighted by molar-refractivity contribution is 0.0889. The van der Waals surface area contributed by atoms with Crippen molar-refractivity contribution in [2.75, 3.05) is 6.54 Å². The highest BCUT2D eigenvalue weighted by Gasteiger charge is 2.26. The molecule has 19 heavy (non-hydrogen) atoms. The number of nitrogens with two attached hydrogens (primary N) is 1. The Balaban J connectivity index is 2.12. The van der Waals surface area contributed by atoms with Crippen molar-refractivity contribution in [2.45, 2.75) is 58.5 Å². The second-order valence-electron chi connectivity index (χ2n) is 5.55. The van der Waals surface area contributed by atoms with Crippen LogP contribution in [-0.2, 0) is 6.42 Å². The van der Waals surface area contributed by atoms with Crippen molar-refractivity contribution in [3.63, 3.8) is 0 Å². The highest BCUT2D eigenvalue weighted by atomic mass is 16.5. The van der Waals surface area contributed by atoms with E-state index in [4.69, 9.17) is 10.5 Å². The van der Waals surface area contributed by atoms with Crippen molar-refractivity contribution in [3.05, 3.63) is 23.5 Å². The van der Waals surface area contributed by atoms with Gasteiger partial charge in [0.15, 0.2) is 0 Å². The van der Waals surface area contributed by atoms with Gasteiger partial charge in [0.05, 0.1) is 5.69 Å². The molecule has 1 aliphatic carbocycles. The van der Waals surface area contributed by atoms with Gasteiger partial charge in [-0.05, 0) is 57.2 Å². The van der Waals surface area contributed by atoms with Crippen molar-refractivity contribution in [2.24, 2.45) is 11.7 Å². The number of ether oxygens (including phenoxy) is 1. The Kier molecular flexibility index (Phi) is 5.20. The van der Waals surface area contributed by atoms with Crippen LogP contribution >= 0.6 is 0 Å². The molecule has 0 aliphatic heterocycles. The summed E-state index contributed by atoms with van der Waals surface area (Å²) < 4.78 is 6.28. The van der Waals surface area contributed by atoms with E-state index in [2.05, 4.69) is 18.0 Å². The minimum absolute atomic E-state index is 0.361. The lowest BCUT2D eigenvalue weighted by Gasteiger charge is -2.31. The summed E-state index contributed by atoms with van der Waals surface area (Å²) in [5.41, 5.74) is 7.72. The molecule has 1 heterocycles. The largest absolute Gasteiger partial charge is 0.488 e. The molecular weight excluding hydrogens is 236 g/mol. The van der Waals surface area contributed by atoms with Gasteiger partial charge < -0.3 is 10.5 Å². The Labute approximate surface area is 116 Å². The average Bonchev–Trinajstić information content (AvgIpc) is 2.43. The Hall–Kier alpha value is -1.09. The van der Waals surface area contributed by atoms with Crippen LogP contribution in [0.15, 0.2) is 12.1 Å². The van der Waals surface area contributed by atoms with E-state index in [0.717, 1.165) is 23.6 Å². The molecular formula is C16H26N2O. The fraction of sp³-hybridized carbons (Fsp3) is 0.688. The molecule has 0 spiro atoms. The van der Waals surface area contributed by atoms with Gasteiger partial charge >= 0.3 is 0 Å². The smallest absolute Gasteiger partial charge is 0.141 e. The zero-order valence-corrected chi connectivity index (χ0v) is 12.2. The van der Waals surface area contributed by atoms with Gasteiger partial charge in [0, 0.05) is 12.1 Å². The van der Waals surface area contributed by atoms with Gasteiger partial charge in [-0.1, -0.05) is 13.3 Å². The first kappa shape index (κ1) is 14.3. The van der Waals surface area contributed by atoms with Crippen molar-refractivity contribution >= 4 is 0 Å². The van der Waals surface area contributed by atoms with Crippen LogP contribution in [0.1, 0.15) is 50.4 Å². The monoisotopic (exact) mass is 262 g/mol. The first-order chi connectivity index (χ1) is 9.24. The predicted molar refractivity (Wildman–Crippen MR) is 78.4 cm³/mol. The molecule has 1 saturated carbocycles. The molecule has 1 fully saturated rings. The average molecular weight is 262 g/mol. The van der Waals surface area contributed by atoms with E-state index in [0.29, 0.717) is 18.6 Å². The van der Waals surface area contributed by atoms with Gasteiger partial charge in [-0.3, -0.25) is 4.98 Å². The summed E-state index contributed by atoms with van der Waals surface area (Å²) in [6.07, 6.45) is 7.46. The summed E-state index contributed by atoms with van der Waals surface area (Å²) in [5, 5.41) is 0. The van der Waals surface area contributed by atoms with Crippen LogP contribution in [0.3, 0.4) is 0 Å². The molecule has 0 bridgehead atoms. The SMILES string of the molecule is CCC1CCCCC1Oc1ccc(C)nc1CCN. The maximum absolute atomic E-state index is 6.28. The minimum atomic E-state index is 0.361. The highest BCUT2D eigenvalue weighted by Crippen LogP contribution is 2.31. The number of nitrogens with zero attached hydrogens (tertiary/aromatic N) is 1. The number of pyridine rings is 1. The Bertz CT molecular complexity index is 406. The predicted octanol–water partition coefficient (Wildman–Crippen LogP) is 3.24. The standard InChI is InChI=1S/C16H26N2O/c1-3-13-6-4-5-7-15(13)19-16-9-8-12(2)18-14(16)10-11-17/h8-9,13,15H,3-7,10-11,17H2,1-2H3. The summed E-state index contributed by atoms with van der Waals surface area (Å²) >= 11 is 0. The van der Waals surface area contributed by atoms with Gasteiger partial charge in [0.2, 0.25) is 0 Å². The van der Waals surface area contributed by atoms with Gasteiger partial charge in [-0.25, -0.2) is 0 Å². The van der Waals surface area contributed by atoms with E-state index < -0.39 is 0 Å². The molecule has 106 valence electrons. The van der Waals surface area contributed by atoms with Crippen molar-refractivity contribution in [1.29, 1.82) is 0 Å². The van der Waals surface area contributed by atoms with E-state index in [1.54, 1.807) is 0 Å². The second kappa shape index (κ2) is 6.90. The lowest BCUT2D eigenvalue weighted by atomic mass is 9.85. The van der Waals surface area contributed by atoms with Crippen LogP contribution in [0.2, 0.25) is 0 Å². The molecule has 2 rings (SSSR count). The van der Waals surface area contributed by atoms with Crippen LogP contribution in [-0.4, -0.2) is 17.6 Å². The zero-order valence-electron chi connectivity index (χ0n) is 12.2. The summed E-state index contributed by atoms with van der Waals surface area (Å²) in [5.74, 6) is 1.64. The first-order valence-corrected chi connectivity index (χ1v) is 7.57. The van der Waals surface area contributed by atoms with E-state index >= 15 is 0 Å². The molecule has 2 unspecified atom stereocenters. The van der Waals surface area contributed by atoms with Gasteiger partial charge in [0.25, 0.3) is 0 Å². The fourth-order valence-electron chi connectivity index (χ4n) is 2.98. The highest BCUT2D eigenvalue weighted by molar-refractivity contribution is 5.30. The maximum Gasteiger partial charge on any atom is 0.141 e. The molecule has 0 amide bonds. The topological polar surface area (TPSA) is 48.1 Å². The van der Waals surface area contributed by atoms with E-state index in [1.165, 1.54) is 32.1 Å². The van der Waals surface area contributed by atoms with E-state index in [9.17, 15) is 0 Å². The first-order valence-electron chi connectivity index (χ1n) is 7.57. The van der Waals surface area contributed by atoms with Crippen LogP contribution < -0.4 is 10.5 Å². The quantitative estimate of drug-likeness (QED) is 0.886. The molecule has 2 atom stereocenters. The van der Waals surface area contributed by atoms with Gasteiger partial charge in [-0.15, -0.1) is 0 Å². The normalized spacial score (nSPS) is 23.3. The molecule has 0 radical (unpaired) electrons. The Morgan fingerprint density at radius 1 is 1.32 bits per heavy atom. The molecule has 3 heteroatoms. The van der Waals surface area contributed by atoms with Crippen molar-refractivity contribution < 1.29 is 4.74 Å². The fourth-order valence-corrected chi connectivity index (χ4v) is 2.98.